The number of amides is 1. The van der Waals surface area contributed by atoms with Crippen LogP contribution in [0.5, 0.6) is 5.75 Å². The van der Waals surface area contributed by atoms with Gasteiger partial charge in [-0.05, 0) is 30.7 Å². The number of benzene rings is 2. The van der Waals surface area contributed by atoms with Gasteiger partial charge in [0.1, 0.15) is 23.7 Å². The second-order valence-corrected chi connectivity index (χ2v) is 7.33. The maximum absolute atomic E-state index is 12.7. The van der Waals surface area contributed by atoms with E-state index in [1.54, 1.807) is 12.0 Å². The van der Waals surface area contributed by atoms with Gasteiger partial charge in [-0.1, -0.05) is 35.5 Å². The number of rotatable bonds is 8. The van der Waals surface area contributed by atoms with Gasteiger partial charge in [0, 0.05) is 48.7 Å². The van der Waals surface area contributed by atoms with E-state index in [-0.39, 0.29) is 5.91 Å². The maximum Gasteiger partial charge on any atom is 0.242 e. The van der Waals surface area contributed by atoms with Crippen molar-refractivity contribution in [3.63, 3.8) is 0 Å². The number of aromatic nitrogens is 2. The Labute approximate surface area is 175 Å². The van der Waals surface area contributed by atoms with Crippen molar-refractivity contribution in [2.24, 2.45) is 0 Å². The lowest BCUT2D eigenvalue weighted by atomic mass is 10.1. The molecule has 4 aromatic rings. The van der Waals surface area contributed by atoms with Gasteiger partial charge < -0.3 is 18.7 Å². The second-order valence-electron chi connectivity index (χ2n) is 7.33. The zero-order chi connectivity index (χ0) is 20.9. The van der Waals surface area contributed by atoms with Crippen molar-refractivity contribution < 1.29 is 14.1 Å². The molecule has 0 saturated heterocycles. The van der Waals surface area contributed by atoms with Crippen LogP contribution in [0.1, 0.15) is 12.2 Å². The predicted octanol–water partition coefficient (Wildman–Crippen LogP) is 4.40. The van der Waals surface area contributed by atoms with Crippen LogP contribution < -0.4 is 4.74 Å². The topological polar surface area (TPSA) is 60.5 Å². The molecule has 2 heterocycles. The summed E-state index contributed by atoms with van der Waals surface area (Å²) in [4.78, 5) is 14.4. The minimum atomic E-state index is 0.0749. The molecule has 6 heteroatoms. The summed E-state index contributed by atoms with van der Waals surface area (Å²) >= 11 is 0. The number of methoxy groups -OCH3 is 1. The van der Waals surface area contributed by atoms with Gasteiger partial charge in [0.2, 0.25) is 5.91 Å². The molecule has 0 aliphatic carbocycles. The number of hydrogen-bond acceptors (Lipinski definition) is 4. The van der Waals surface area contributed by atoms with E-state index >= 15 is 0 Å². The molecule has 0 N–H and O–H groups in total. The van der Waals surface area contributed by atoms with E-state index in [0.717, 1.165) is 46.5 Å². The smallest absolute Gasteiger partial charge is 0.242 e. The first-order chi connectivity index (χ1) is 14.6. The lowest BCUT2D eigenvalue weighted by Crippen LogP contribution is -2.31. The Morgan fingerprint density at radius 1 is 1.13 bits per heavy atom. The van der Waals surface area contributed by atoms with Crippen LogP contribution in [0.4, 0.5) is 0 Å². The Morgan fingerprint density at radius 2 is 1.97 bits per heavy atom. The van der Waals surface area contributed by atoms with Crippen LogP contribution in [-0.4, -0.2) is 41.2 Å². The molecule has 0 aliphatic rings. The van der Waals surface area contributed by atoms with E-state index in [1.807, 2.05) is 78.5 Å². The molecule has 0 bridgehead atoms. The fourth-order valence-electron chi connectivity index (χ4n) is 3.50. The van der Waals surface area contributed by atoms with Crippen molar-refractivity contribution in [3.05, 3.63) is 72.6 Å². The zero-order valence-electron chi connectivity index (χ0n) is 17.2. The van der Waals surface area contributed by atoms with Crippen molar-refractivity contribution in [2.45, 2.75) is 19.4 Å². The molecule has 2 aromatic heterocycles. The lowest BCUT2D eigenvalue weighted by Gasteiger charge is -2.17. The van der Waals surface area contributed by atoms with Crippen LogP contribution in [0, 0.1) is 0 Å². The minimum Gasteiger partial charge on any atom is -0.497 e. The molecule has 0 fully saturated rings. The third-order valence-electron chi connectivity index (χ3n) is 5.25. The zero-order valence-corrected chi connectivity index (χ0v) is 17.2. The van der Waals surface area contributed by atoms with Crippen molar-refractivity contribution >= 4 is 16.8 Å². The molecule has 0 spiro atoms. The van der Waals surface area contributed by atoms with E-state index in [1.165, 1.54) is 0 Å². The molecule has 30 heavy (non-hydrogen) atoms. The van der Waals surface area contributed by atoms with Crippen LogP contribution in [0.3, 0.4) is 0 Å². The third-order valence-corrected chi connectivity index (χ3v) is 5.25. The average molecular weight is 403 g/mol. The molecule has 154 valence electrons. The van der Waals surface area contributed by atoms with Gasteiger partial charge >= 0.3 is 0 Å². The van der Waals surface area contributed by atoms with Crippen LogP contribution in [0.2, 0.25) is 0 Å². The Bertz CT molecular complexity index is 1130. The lowest BCUT2D eigenvalue weighted by molar-refractivity contribution is -0.130. The molecule has 0 radical (unpaired) electrons. The molecule has 0 unspecified atom stereocenters. The summed E-state index contributed by atoms with van der Waals surface area (Å²) in [5, 5.41) is 5.20. The standard InChI is InChI=1S/C24H25N3O3/c1-26(13-6-9-21-16-22(25-30-21)18-7-4-3-5-8-18)24(28)17-27-14-12-19-15-20(29-2)10-11-23(19)27/h3-5,7-8,10-12,14-16H,6,9,13,17H2,1-2H3. The number of hydrogen-bond donors (Lipinski definition) is 0. The summed E-state index contributed by atoms with van der Waals surface area (Å²) in [6, 6.07) is 19.8. The normalized spacial score (nSPS) is 11.0. The monoisotopic (exact) mass is 403 g/mol. The Balaban J connectivity index is 1.30. The Kier molecular flexibility index (Phi) is 5.84. The molecule has 0 aliphatic heterocycles. The van der Waals surface area contributed by atoms with Crippen LogP contribution in [0.15, 0.2) is 71.4 Å². The number of fused-ring (bicyclic) bond motifs is 1. The number of ether oxygens (including phenoxy) is 1. The first-order valence-corrected chi connectivity index (χ1v) is 10.0. The third kappa shape index (κ3) is 4.38. The number of carbonyl (C=O) groups is 1. The number of carbonyl (C=O) groups excluding carboxylic acids is 1. The fourth-order valence-corrected chi connectivity index (χ4v) is 3.50. The summed E-state index contributed by atoms with van der Waals surface area (Å²) in [5.41, 5.74) is 2.90. The van der Waals surface area contributed by atoms with Gasteiger partial charge in [-0.3, -0.25) is 4.79 Å². The highest BCUT2D eigenvalue weighted by Crippen LogP contribution is 2.22. The summed E-state index contributed by atoms with van der Waals surface area (Å²) in [7, 11) is 3.49. The molecule has 0 saturated carbocycles. The van der Waals surface area contributed by atoms with Crippen LogP contribution in [-0.2, 0) is 17.8 Å². The molecule has 1 amide bonds. The molecule has 0 atom stereocenters. The van der Waals surface area contributed by atoms with E-state index in [2.05, 4.69) is 5.16 Å². The van der Waals surface area contributed by atoms with Gasteiger partial charge in [0.05, 0.1) is 7.11 Å². The largest absolute Gasteiger partial charge is 0.497 e. The number of likely N-dealkylation sites (N-methyl/N-ethyl adjacent to an activating group) is 1. The fraction of sp³-hybridized carbons (Fsp3) is 0.250. The van der Waals surface area contributed by atoms with Gasteiger partial charge in [-0.15, -0.1) is 0 Å². The highest BCUT2D eigenvalue weighted by Gasteiger charge is 2.12. The summed E-state index contributed by atoms with van der Waals surface area (Å²) < 4.78 is 12.7. The molecule has 4 rings (SSSR count). The van der Waals surface area contributed by atoms with Gasteiger partial charge in [0.15, 0.2) is 0 Å². The predicted molar refractivity (Wildman–Crippen MR) is 116 cm³/mol. The summed E-state index contributed by atoms with van der Waals surface area (Å²) in [6.45, 7) is 0.972. The van der Waals surface area contributed by atoms with Crippen molar-refractivity contribution in [1.29, 1.82) is 0 Å². The van der Waals surface area contributed by atoms with Gasteiger partial charge in [-0.2, -0.15) is 0 Å². The quantitative estimate of drug-likeness (QED) is 0.438. The van der Waals surface area contributed by atoms with E-state index in [4.69, 9.17) is 9.26 Å². The summed E-state index contributed by atoms with van der Waals surface area (Å²) in [6.07, 6.45) is 3.49. The molecule has 2 aromatic carbocycles. The van der Waals surface area contributed by atoms with Crippen LogP contribution in [0.25, 0.3) is 22.2 Å². The maximum atomic E-state index is 12.7. The van der Waals surface area contributed by atoms with Crippen LogP contribution >= 0.6 is 0 Å². The SMILES string of the molecule is COc1ccc2c(ccn2CC(=O)N(C)CCCc2cc(-c3ccccc3)no2)c1. The first kappa shape index (κ1) is 19.8. The minimum absolute atomic E-state index is 0.0749. The van der Waals surface area contributed by atoms with E-state index in [0.29, 0.717) is 13.1 Å². The first-order valence-electron chi connectivity index (χ1n) is 10.0. The Morgan fingerprint density at radius 3 is 2.77 bits per heavy atom. The summed E-state index contributed by atoms with van der Waals surface area (Å²) in [5.74, 6) is 1.72. The van der Waals surface area contributed by atoms with E-state index < -0.39 is 0 Å². The average Bonchev–Trinajstić information content (AvgIpc) is 3.41. The number of aryl methyl sites for hydroxylation is 1. The van der Waals surface area contributed by atoms with E-state index in [9.17, 15) is 4.79 Å². The highest BCUT2D eigenvalue weighted by molar-refractivity contribution is 5.84. The van der Waals surface area contributed by atoms with Crippen molar-refractivity contribution in [2.75, 3.05) is 20.7 Å². The molecule has 6 nitrogen and oxygen atoms in total. The second kappa shape index (κ2) is 8.86. The number of nitrogens with zero attached hydrogens (tertiary/aromatic N) is 3. The molecular weight excluding hydrogens is 378 g/mol. The van der Waals surface area contributed by atoms with Gasteiger partial charge in [0.25, 0.3) is 0 Å². The Hall–Kier alpha value is -3.54. The molecular formula is C24H25N3O3. The van der Waals surface area contributed by atoms with Crippen molar-refractivity contribution in [3.8, 4) is 17.0 Å². The van der Waals surface area contributed by atoms with Crippen molar-refractivity contribution in [1.82, 2.24) is 14.6 Å². The van der Waals surface area contributed by atoms with Gasteiger partial charge in [-0.25, -0.2) is 0 Å². The highest BCUT2D eigenvalue weighted by atomic mass is 16.5.